The van der Waals surface area contributed by atoms with Gasteiger partial charge in [-0.15, -0.1) is 0 Å². The fourth-order valence-electron chi connectivity index (χ4n) is 2.74. The molecule has 0 aromatic rings. The largest absolute Gasteiger partial charge is 0.303 e. The van der Waals surface area contributed by atoms with E-state index in [2.05, 4.69) is 11.8 Å². The minimum atomic E-state index is 0.423. The number of likely N-dealkylation sites (tertiary alicyclic amines) is 1. The molecule has 0 atom stereocenters. The van der Waals surface area contributed by atoms with Crippen LogP contribution in [0, 0.1) is 5.92 Å². The second-order valence-corrected chi connectivity index (χ2v) is 5.42. The molecule has 1 rings (SSSR count). The van der Waals surface area contributed by atoms with Crippen LogP contribution in [0.1, 0.15) is 79.1 Å². The first kappa shape index (κ1) is 18.6. The monoisotopic (exact) mass is 269 g/mol. The Bertz CT molecular complexity index is 207. The minimum Gasteiger partial charge on any atom is -0.303 e. The SMILES string of the molecule is CC.CCCC1CCN(CCCCC(=O)CC)CC1. The second kappa shape index (κ2) is 12.7. The zero-order valence-corrected chi connectivity index (χ0v) is 13.7. The zero-order chi connectivity index (χ0) is 14.5. The van der Waals surface area contributed by atoms with E-state index >= 15 is 0 Å². The summed E-state index contributed by atoms with van der Waals surface area (Å²) in [4.78, 5) is 13.8. The van der Waals surface area contributed by atoms with E-state index in [1.165, 1.54) is 51.7 Å². The maximum Gasteiger partial charge on any atom is 0.132 e. The van der Waals surface area contributed by atoms with Gasteiger partial charge in [-0.25, -0.2) is 0 Å². The first-order valence-corrected chi connectivity index (χ1v) is 8.50. The third-order valence-corrected chi connectivity index (χ3v) is 3.98. The van der Waals surface area contributed by atoms with Gasteiger partial charge in [0, 0.05) is 12.8 Å². The summed E-state index contributed by atoms with van der Waals surface area (Å²) >= 11 is 0. The predicted molar refractivity (Wildman–Crippen MR) is 84.6 cm³/mol. The maximum absolute atomic E-state index is 11.2. The Balaban J connectivity index is 0.00000154. The second-order valence-electron chi connectivity index (χ2n) is 5.42. The third-order valence-electron chi connectivity index (χ3n) is 3.98. The van der Waals surface area contributed by atoms with Crippen LogP contribution in [0.5, 0.6) is 0 Å². The quantitative estimate of drug-likeness (QED) is 0.597. The Labute approximate surface area is 120 Å². The van der Waals surface area contributed by atoms with Crippen molar-refractivity contribution in [3.63, 3.8) is 0 Å². The predicted octanol–water partition coefficient (Wildman–Crippen LogP) is 4.67. The summed E-state index contributed by atoms with van der Waals surface area (Å²) < 4.78 is 0. The number of carbonyl (C=O) groups excluding carboxylic acids is 1. The molecule has 1 aliphatic rings. The van der Waals surface area contributed by atoms with E-state index in [0.29, 0.717) is 12.2 Å². The Kier molecular flexibility index (Phi) is 12.4. The van der Waals surface area contributed by atoms with Crippen LogP contribution in [-0.2, 0) is 4.79 Å². The van der Waals surface area contributed by atoms with Crippen molar-refractivity contribution >= 4 is 5.78 Å². The Morgan fingerprint density at radius 3 is 2.26 bits per heavy atom. The van der Waals surface area contributed by atoms with Crippen molar-refractivity contribution < 1.29 is 4.79 Å². The van der Waals surface area contributed by atoms with E-state index in [1.807, 2.05) is 20.8 Å². The number of piperidine rings is 1. The fraction of sp³-hybridized carbons (Fsp3) is 0.941. The van der Waals surface area contributed by atoms with Crippen molar-refractivity contribution in [2.24, 2.45) is 5.92 Å². The lowest BCUT2D eigenvalue weighted by atomic mass is 9.92. The Hall–Kier alpha value is -0.370. The zero-order valence-electron chi connectivity index (χ0n) is 13.7. The summed E-state index contributed by atoms with van der Waals surface area (Å²) in [5.41, 5.74) is 0. The lowest BCUT2D eigenvalue weighted by Crippen LogP contribution is -2.34. The average molecular weight is 269 g/mol. The van der Waals surface area contributed by atoms with E-state index in [1.54, 1.807) is 0 Å². The molecule has 0 N–H and O–H groups in total. The molecule has 1 saturated heterocycles. The highest BCUT2D eigenvalue weighted by atomic mass is 16.1. The van der Waals surface area contributed by atoms with E-state index in [0.717, 1.165) is 18.8 Å². The molecule has 0 saturated carbocycles. The molecule has 0 amide bonds. The Morgan fingerprint density at radius 2 is 1.74 bits per heavy atom. The van der Waals surface area contributed by atoms with Crippen LogP contribution < -0.4 is 0 Å². The summed E-state index contributed by atoms with van der Waals surface area (Å²) in [6.07, 6.45) is 9.32. The minimum absolute atomic E-state index is 0.423. The van der Waals surface area contributed by atoms with Gasteiger partial charge in [0.05, 0.1) is 0 Å². The van der Waals surface area contributed by atoms with Crippen molar-refractivity contribution in [3.8, 4) is 0 Å². The van der Waals surface area contributed by atoms with Gasteiger partial charge in [0.1, 0.15) is 5.78 Å². The Morgan fingerprint density at radius 1 is 1.11 bits per heavy atom. The molecule has 0 radical (unpaired) electrons. The van der Waals surface area contributed by atoms with Crippen LogP contribution >= 0.6 is 0 Å². The molecular formula is C17H35NO. The van der Waals surface area contributed by atoms with Crippen LogP contribution in [-0.4, -0.2) is 30.3 Å². The van der Waals surface area contributed by atoms with Crippen molar-refractivity contribution in [3.05, 3.63) is 0 Å². The first-order chi connectivity index (χ1) is 9.26. The summed E-state index contributed by atoms with van der Waals surface area (Å²) in [5, 5.41) is 0. The number of Topliss-reactive ketones (excluding diaryl/α,β-unsaturated/α-hetero) is 1. The molecule has 0 bridgehead atoms. The fourth-order valence-corrected chi connectivity index (χ4v) is 2.74. The number of unbranched alkanes of at least 4 members (excludes halogenated alkanes) is 1. The van der Waals surface area contributed by atoms with Gasteiger partial charge in [-0.1, -0.05) is 40.5 Å². The molecule has 0 aromatic heterocycles. The van der Waals surface area contributed by atoms with Crippen molar-refractivity contribution in [1.82, 2.24) is 4.90 Å². The number of carbonyl (C=O) groups is 1. The lowest BCUT2D eigenvalue weighted by Gasteiger charge is -2.31. The van der Waals surface area contributed by atoms with Crippen LogP contribution in [0.4, 0.5) is 0 Å². The van der Waals surface area contributed by atoms with Crippen molar-refractivity contribution in [2.75, 3.05) is 19.6 Å². The average Bonchev–Trinajstić information content (AvgIpc) is 2.47. The molecular weight excluding hydrogens is 234 g/mol. The van der Waals surface area contributed by atoms with Gasteiger partial charge in [-0.05, 0) is 51.2 Å². The molecule has 2 nitrogen and oxygen atoms in total. The van der Waals surface area contributed by atoms with Gasteiger partial charge in [0.15, 0.2) is 0 Å². The van der Waals surface area contributed by atoms with E-state index < -0.39 is 0 Å². The van der Waals surface area contributed by atoms with Gasteiger partial charge in [-0.2, -0.15) is 0 Å². The molecule has 0 aliphatic carbocycles. The van der Waals surface area contributed by atoms with E-state index in [4.69, 9.17) is 0 Å². The summed E-state index contributed by atoms with van der Waals surface area (Å²) in [6, 6.07) is 0. The van der Waals surface area contributed by atoms with Gasteiger partial charge < -0.3 is 4.90 Å². The molecule has 19 heavy (non-hydrogen) atoms. The highest BCUT2D eigenvalue weighted by molar-refractivity contribution is 5.77. The van der Waals surface area contributed by atoms with Crippen LogP contribution in [0.3, 0.4) is 0 Å². The lowest BCUT2D eigenvalue weighted by molar-refractivity contribution is -0.118. The van der Waals surface area contributed by atoms with Crippen LogP contribution in [0.25, 0.3) is 0 Å². The molecule has 114 valence electrons. The molecule has 1 aliphatic heterocycles. The summed E-state index contributed by atoms with van der Waals surface area (Å²) in [7, 11) is 0. The molecule has 0 unspecified atom stereocenters. The molecule has 0 aromatic carbocycles. The smallest absolute Gasteiger partial charge is 0.132 e. The highest BCUT2D eigenvalue weighted by Gasteiger charge is 2.17. The third kappa shape index (κ3) is 9.21. The van der Waals surface area contributed by atoms with E-state index in [9.17, 15) is 4.79 Å². The standard InChI is InChI=1S/C15H29NO.C2H6/c1-3-7-14-9-12-16(13-10-14)11-6-5-8-15(17)4-2;1-2/h14H,3-13H2,1-2H3;1-2H3. The van der Waals surface area contributed by atoms with Crippen LogP contribution in [0.2, 0.25) is 0 Å². The molecule has 0 spiro atoms. The first-order valence-electron chi connectivity index (χ1n) is 8.50. The van der Waals surface area contributed by atoms with Gasteiger partial charge in [-0.3, -0.25) is 4.79 Å². The number of ketones is 1. The van der Waals surface area contributed by atoms with Crippen LogP contribution in [0.15, 0.2) is 0 Å². The molecule has 2 heteroatoms. The number of hydrogen-bond acceptors (Lipinski definition) is 2. The topological polar surface area (TPSA) is 20.3 Å². The van der Waals surface area contributed by atoms with Gasteiger partial charge in [0.25, 0.3) is 0 Å². The maximum atomic E-state index is 11.2. The molecule has 1 fully saturated rings. The van der Waals surface area contributed by atoms with E-state index in [-0.39, 0.29) is 0 Å². The molecule has 1 heterocycles. The number of hydrogen-bond donors (Lipinski definition) is 0. The van der Waals surface area contributed by atoms with Crippen molar-refractivity contribution in [1.29, 1.82) is 0 Å². The summed E-state index contributed by atoms with van der Waals surface area (Å²) in [6.45, 7) is 12.0. The number of nitrogens with zero attached hydrogens (tertiary/aromatic N) is 1. The highest BCUT2D eigenvalue weighted by Crippen LogP contribution is 2.21. The number of rotatable bonds is 8. The van der Waals surface area contributed by atoms with Gasteiger partial charge >= 0.3 is 0 Å². The normalized spacial score (nSPS) is 16.8. The summed E-state index contributed by atoms with van der Waals surface area (Å²) in [5.74, 6) is 1.41. The van der Waals surface area contributed by atoms with Crippen molar-refractivity contribution in [2.45, 2.75) is 79.1 Å². The van der Waals surface area contributed by atoms with Gasteiger partial charge in [0.2, 0.25) is 0 Å².